The van der Waals surface area contributed by atoms with Gasteiger partial charge in [0.05, 0.1) is 5.56 Å². The van der Waals surface area contributed by atoms with Crippen LogP contribution < -0.4 is 5.73 Å². The average Bonchev–Trinajstić information content (AvgIpc) is 2.23. The Morgan fingerprint density at radius 1 is 1.47 bits per heavy atom. The highest BCUT2D eigenvalue weighted by molar-refractivity contribution is 5.92. The Morgan fingerprint density at radius 2 is 2.12 bits per heavy atom. The number of ether oxygens (including phenoxy) is 1. The Bertz CT molecular complexity index is 427. The van der Waals surface area contributed by atoms with Crippen LogP contribution in [-0.2, 0) is 9.53 Å². The van der Waals surface area contributed by atoms with Gasteiger partial charge < -0.3 is 15.6 Å². The first-order chi connectivity index (χ1) is 7.93. The summed E-state index contributed by atoms with van der Waals surface area (Å²) in [7, 11) is 0. The second kappa shape index (κ2) is 5.29. The van der Waals surface area contributed by atoms with Crippen molar-refractivity contribution in [3.8, 4) is 0 Å². The lowest BCUT2D eigenvalue weighted by molar-refractivity contribution is -0.147. The molecule has 0 saturated heterocycles. The van der Waals surface area contributed by atoms with Gasteiger partial charge in [-0.15, -0.1) is 0 Å². The van der Waals surface area contributed by atoms with Crippen molar-refractivity contribution in [3.05, 3.63) is 29.6 Å². The molecule has 1 rings (SSSR count). The van der Waals surface area contributed by atoms with Gasteiger partial charge in [-0.3, -0.25) is 0 Å². The maximum Gasteiger partial charge on any atom is 0.345 e. The second-order valence-corrected chi connectivity index (χ2v) is 3.41. The number of esters is 1. The number of hydrogen-bond acceptors (Lipinski definition) is 4. The van der Waals surface area contributed by atoms with Gasteiger partial charge in [0.1, 0.15) is 5.82 Å². The first kappa shape index (κ1) is 13.0. The lowest BCUT2D eigenvalue weighted by atomic mass is 10.2. The summed E-state index contributed by atoms with van der Waals surface area (Å²) in [5.74, 6) is -2.84. The summed E-state index contributed by atoms with van der Waals surface area (Å²) in [4.78, 5) is 22.2. The summed E-state index contributed by atoms with van der Waals surface area (Å²) in [6.45, 7) is 1.56. The van der Waals surface area contributed by atoms with E-state index in [4.69, 9.17) is 15.6 Å². The Hall–Kier alpha value is -2.11. The number of carboxylic acids is 1. The fraction of sp³-hybridized carbons (Fsp3) is 0.273. The number of carbonyl (C=O) groups is 2. The molecule has 0 aliphatic carbocycles. The zero-order valence-electron chi connectivity index (χ0n) is 9.14. The van der Waals surface area contributed by atoms with Crippen LogP contribution in [0.4, 0.5) is 10.1 Å². The van der Waals surface area contributed by atoms with Crippen LogP contribution in [0.25, 0.3) is 0 Å². The topological polar surface area (TPSA) is 89.6 Å². The van der Waals surface area contributed by atoms with Crippen LogP contribution in [0.15, 0.2) is 18.2 Å². The summed E-state index contributed by atoms with van der Waals surface area (Å²) < 4.78 is 17.7. The van der Waals surface area contributed by atoms with Crippen LogP contribution in [0.5, 0.6) is 0 Å². The fourth-order valence-corrected chi connectivity index (χ4v) is 1.24. The molecule has 0 radical (unpaired) electrons. The van der Waals surface area contributed by atoms with Gasteiger partial charge in [-0.2, -0.15) is 0 Å². The maximum absolute atomic E-state index is 13.0. The number of benzene rings is 1. The molecule has 0 saturated carbocycles. The van der Waals surface area contributed by atoms with Crippen LogP contribution in [0.3, 0.4) is 0 Å². The molecule has 0 amide bonds. The lowest BCUT2D eigenvalue weighted by Gasteiger charge is -2.11. The molecule has 17 heavy (non-hydrogen) atoms. The number of aliphatic carboxylic acids is 1. The van der Waals surface area contributed by atoms with Crippen LogP contribution in [0.2, 0.25) is 0 Å². The molecular formula is C11H12FNO4. The van der Waals surface area contributed by atoms with Gasteiger partial charge >= 0.3 is 11.9 Å². The number of nitrogen functional groups attached to an aromatic ring is 1. The van der Waals surface area contributed by atoms with Crippen molar-refractivity contribution in [2.75, 3.05) is 5.73 Å². The minimum absolute atomic E-state index is 0.0697. The van der Waals surface area contributed by atoms with Gasteiger partial charge in [0, 0.05) is 5.69 Å². The van der Waals surface area contributed by atoms with E-state index in [-0.39, 0.29) is 17.7 Å². The molecule has 0 aliphatic rings. The molecule has 5 nitrogen and oxygen atoms in total. The number of carbonyl (C=O) groups excluding carboxylic acids is 1. The molecule has 3 N–H and O–H groups in total. The molecule has 92 valence electrons. The van der Waals surface area contributed by atoms with Crippen molar-refractivity contribution in [1.82, 2.24) is 0 Å². The molecule has 0 spiro atoms. The summed E-state index contributed by atoms with van der Waals surface area (Å²) in [5.41, 5.74) is 5.32. The van der Waals surface area contributed by atoms with Crippen LogP contribution >= 0.6 is 0 Å². The highest BCUT2D eigenvalue weighted by atomic mass is 19.1. The highest BCUT2D eigenvalue weighted by Gasteiger charge is 2.21. The number of anilines is 1. The molecule has 1 unspecified atom stereocenters. The quantitative estimate of drug-likeness (QED) is 0.614. The zero-order valence-corrected chi connectivity index (χ0v) is 9.14. The number of hydrogen-bond donors (Lipinski definition) is 2. The first-order valence-electron chi connectivity index (χ1n) is 4.94. The van der Waals surface area contributed by atoms with E-state index in [0.29, 0.717) is 0 Å². The third-order valence-electron chi connectivity index (χ3n) is 2.05. The third kappa shape index (κ3) is 3.44. The van der Waals surface area contributed by atoms with Crippen molar-refractivity contribution < 1.29 is 23.8 Å². The number of rotatable bonds is 4. The Labute approximate surface area is 97.0 Å². The lowest BCUT2D eigenvalue weighted by Crippen LogP contribution is -2.26. The molecule has 6 heteroatoms. The minimum atomic E-state index is -1.25. The van der Waals surface area contributed by atoms with E-state index >= 15 is 0 Å². The summed E-state index contributed by atoms with van der Waals surface area (Å²) in [6, 6.07) is 3.21. The van der Waals surface area contributed by atoms with Gasteiger partial charge in [-0.05, 0) is 24.6 Å². The van der Waals surface area contributed by atoms with Crippen LogP contribution in [-0.4, -0.2) is 23.1 Å². The van der Waals surface area contributed by atoms with Crippen molar-refractivity contribution in [3.63, 3.8) is 0 Å². The van der Waals surface area contributed by atoms with E-state index < -0.39 is 23.9 Å². The van der Waals surface area contributed by atoms with Gasteiger partial charge in [-0.25, -0.2) is 14.0 Å². The number of nitrogens with two attached hydrogens (primary N) is 1. The standard InChI is InChI=1S/C11H12FNO4/c1-2-9(10(14)15)17-11(16)6-3-7(12)5-8(13)4-6/h3-5,9H,2,13H2,1H3,(H,14,15). The smallest absolute Gasteiger partial charge is 0.345 e. The van der Waals surface area contributed by atoms with Crippen molar-refractivity contribution in [2.24, 2.45) is 0 Å². The van der Waals surface area contributed by atoms with E-state index in [1.165, 1.54) is 6.07 Å². The van der Waals surface area contributed by atoms with E-state index in [1.807, 2.05) is 0 Å². The predicted molar refractivity (Wildman–Crippen MR) is 57.9 cm³/mol. The summed E-state index contributed by atoms with van der Waals surface area (Å²) >= 11 is 0. The minimum Gasteiger partial charge on any atom is -0.479 e. The molecule has 1 aromatic rings. The fourth-order valence-electron chi connectivity index (χ4n) is 1.24. The zero-order chi connectivity index (χ0) is 13.0. The highest BCUT2D eigenvalue weighted by Crippen LogP contribution is 2.13. The summed E-state index contributed by atoms with van der Waals surface area (Å²) in [6.07, 6.45) is -1.11. The van der Waals surface area contributed by atoms with E-state index in [9.17, 15) is 14.0 Å². The van der Waals surface area contributed by atoms with E-state index in [1.54, 1.807) is 6.92 Å². The second-order valence-electron chi connectivity index (χ2n) is 3.41. The van der Waals surface area contributed by atoms with Gasteiger partial charge in [-0.1, -0.05) is 6.92 Å². The average molecular weight is 241 g/mol. The molecule has 1 aromatic carbocycles. The van der Waals surface area contributed by atoms with E-state index in [2.05, 4.69) is 0 Å². The van der Waals surface area contributed by atoms with Crippen molar-refractivity contribution in [2.45, 2.75) is 19.4 Å². The van der Waals surface area contributed by atoms with Crippen LogP contribution in [0, 0.1) is 5.82 Å². The first-order valence-corrected chi connectivity index (χ1v) is 4.94. The van der Waals surface area contributed by atoms with Gasteiger partial charge in [0.2, 0.25) is 0 Å². The molecule has 0 fully saturated rings. The SMILES string of the molecule is CCC(OC(=O)c1cc(N)cc(F)c1)C(=O)O. The van der Waals surface area contributed by atoms with Crippen molar-refractivity contribution in [1.29, 1.82) is 0 Å². The van der Waals surface area contributed by atoms with E-state index in [0.717, 1.165) is 12.1 Å². The van der Waals surface area contributed by atoms with Crippen molar-refractivity contribution >= 4 is 17.6 Å². The Balaban J connectivity index is 2.86. The molecule has 0 heterocycles. The molecule has 0 aliphatic heterocycles. The largest absolute Gasteiger partial charge is 0.479 e. The normalized spacial score (nSPS) is 11.9. The summed E-state index contributed by atoms with van der Waals surface area (Å²) in [5, 5.41) is 8.70. The Morgan fingerprint density at radius 3 is 2.59 bits per heavy atom. The maximum atomic E-state index is 13.0. The van der Waals surface area contributed by atoms with Crippen LogP contribution in [0.1, 0.15) is 23.7 Å². The molecule has 0 bridgehead atoms. The molecule has 0 aromatic heterocycles. The number of carboxylic acid groups (broad SMARTS) is 1. The monoisotopic (exact) mass is 241 g/mol. The number of halogens is 1. The Kier molecular flexibility index (Phi) is 4.03. The third-order valence-corrected chi connectivity index (χ3v) is 2.05. The van der Waals surface area contributed by atoms with Gasteiger partial charge in [0.15, 0.2) is 6.10 Å². The molecular weight excluding hydrogens is 229 g/mol. The molecule has 1 atom stereocenters. The van der Waals surface area contributed by atoms with Gasteiger partial charge in [0.25, 0.3) is 0 Å². The predicted octanol–water partition coefficient (Wildman–Crippen LogP) is 1.43.